The number of carbonyl (C=O) groups excluding carboxylic acids is 11. The molecule has 3 aromatic rings. The number of nitrogens with two attached hydrogens (primary N) is 7. The zero-order chi connectivity index (χ0) is 69.6. The normalized spacial score (nSPS) is 17.0. The third kappa shape index (κ3) is 25.8. The summed E-state index contributed by atoms with van der Waals surface area (Å²) < 4.78 is 6.16. The second-order valence-electron chi connectivity index (χ2n) is 24.3. The smallest absolute Gasteiger partial charge is 0.245 e. The van der Waals surface area contributed by atoms with Crippen LogP contribution >= 0.6 is 11.8 Å². The predicted molar refractivity (Wildman–Crippen MR) is 355 cm³/mol. The predicted octanol–water partition coefficient (Wildman–Crippen LogP) is -2.10. The number of thioether (sulfide) groups is 1. The molecule has 0 aliphatic carbocycles. The Morgan fingerprint density at radius 1 is 0.600 bits per heavy atom. The lowest BCUT2D eigenvalue weighted by molar-refractivity contribution is -0.144. The van der Waals surface area contributed by atoms with Gasteiger partial charge in [-0.05, 0) is 119 Å². The highest BCUT2D eigenvalue weighted by molar-refractivity contribution is 7.98. The first kappa shape index (κ1) is 77.0. The fourth-order valence-corrected chi connectivity index (χ4v) is 11.7. The van der Waals surface area contributed by atoms with Crippen molar-refractivity contribution in [1.82, 2.24) is 57.2 Å². The summed E-state index contributed by atoms with van der Waals surface area (Å²) in [7, 11) is 0. The van der Waals surface area contributed by atoms with Gasteiger partial charge in [0.1, 0.15) is 48.3 Å². The zero-order valence-electron chi connectivity index (χ0n) is 54.5. The first-order valence-corrected chi connectivity index (χ1v) is 33.7. The van der Waals surface area contributed by atoms with Gasteiger partial charge in [0, 0.05) is 45.3 Å². The van der Waals surface area contributed by atoms with E-state index in [2.05, 4.69) is 52.4 Å². The van der Waals surface area contributed by atoms with Crippen molar-refractivity contribution >= 4 is 82.7 Å². The van der Waals surface area contributed by atoms with Crippen LogP contribution < -0.4 is 77.4 Å². The highest BCUT2D eigenvalue weighted by Crippen LogP contribution is 2.24. The molecule has 522 valence electrons. The SMILES string of the molecule is CSCC[C@H](NC(=O)[C@H](CC(C)C)NCc1nnc([C@H](Cc2ccccc2)NC(=O)[C@H](Cc2ccccc2)NC(=O)[C@H](CCC(N)=O)NC(=O)[C@H](CCC(N)=O)NC(=O)[C@@H]2CCCN2C(=O)[C@H](CCCCN)NC(=O)[C@@H]2CCCN2C(=O)[C@@H](N)CCCN=C(N)N)o1)C(N)=O. The number of amides is 11. The van der Waals surface area contributed by atoms with Crippen LogP contribution in [0.25, 0.3) is 0 Å². The van der Waals surface area contributed by atoms with Crippen LogP contribution in [0.3, 0.4) is 0 Å². The molecule has 11 amide bonds. The van der Waals surface area contributed by atoms with Crippen LogP contribution in [0.1, 0.15) is 139 Å². The molecular weight excluding hydrogens is 1250 g/mol. The molecule has 31 nitrogen and oxygen atoms in total. The second-order valence-corrected chi connectivity index (χ2v) is 25.2. The highest BCUT2D eigenvalue weighted by Gasteiger charge is 2.42. The van der Waals surface area contributed by atoms with Crippen molar-refractivity contribution in [2.45, 2.75) is 190 Å². The van der Waals surface area contributed by atoms with Crippen LogP contribution in [0.4, 0.5) is 0 Å². The molecule has 2 fully saturated rings. The number of aromatic nitrogens is 2. The Morgan fingerprint density at radius 3 is 1.67 bits per heavy atom. The largest absolute Gasteiger partial charge is 0.422 e. The molecule has 2 aliphatic rings. The highest BCUT2D eigenvalue weighted by atomic mass is 32.2. The van der Waals surface area contributed by atoms with Crippen molar-refractivity contribution in [1.29, 1.82) is 0 Å². The summed E-state index contributed by atoms with van der Waals surface area (Å²) in [4.78, 5) is 158. The fourth-order valence-electron chi connectivity index (χ4n) is 11.2. The summed E-state index contributed by atoms with van der Waals surface area (Å²) in [5.74, 6) is -7.23. The molecule has 0 saturated carbocycles. The molecule has 5 rings (SSSR count). The summed E-state index contributed by atoms with van der Waals surface area (Å²) >= 11 is 1.51. The van der Waals surface area contributed by atoms with E-state index in [4.69, 9.17) is 44.6 Å². The first-order chi connectivity index (χ1) is 45.4. The summed E-state index contributed by atoms with van der Waals surface area (Å²) in [6.07, 6.45) is 4.07. The molecule has 0 spiro atoms. The first-order valence-electron chi connectivity index (χ1n) is 32.3. The van der Waals surface area contributed by atoms with Crippen molar-refractivity contribution in [3.8, 4) is 0 Å². The summed E-state index contributed by atoms with van der Waals surface area (Å²) in [5.41, 5.74) is 41.0. The molecule has 32 heteroatoms. The van der Waals surface area contributed by atoms with E-state index in [0.717, 1.165) is 5.56 Å². The Labute approximate surface area is 557 Å². The lowest BCUT2D eigenvalue weighted by Gasteiger charge is -2.32. The lowest BCUT2D eigenvalue weighted by Crippen LogP contribution is -2.59. The van der Waals surface area contributed by atoms with Gasteiger partial charge in [-0.2, -0.15) is 11.8 Å². The van der Waals surface area contributed by atoms with Gasteiger partial charge in [-0.25, -0.2) is 0 Å². The van der Waals surface area contributed by atoms with Crippen LogP contribution in [-0.4, -0.2) is 183 Å². The van der Waals surface area contributed by atoms with E-state index in [-0.39, 0.29) is 94.8 Å². The Kier molecular flexibility index (Phi) is 32.3. The Balaban J connectivity index is 1.35. The van der Waals surface area contributed by atoms with E-state index < -0.39 is 138 Å². The van der Waals surface area contributed by atoms with Crippen LogP contribution in [0.5, 0.6) is 0 Å². The van der Waals surface area contributed by atoms with Gasteiger partial charge in [0.25, 0.3) is 0 Å². The minimum absolute atomic E-state index is 0.0224. The Bertz CT molecular complexity index is 3070. The van der Waals surface area contributed by atoms with E-state index in [1.165, 1.54) is 21.6 Å². The summed E-state index contributed by atoms with van der Waals surface area (Å²) in [5, 5.41) is 28.2. The molecule has 10 atom stereocenters. The van der Waals surface area contributed by atoms with Crippen LogP contribution in [-0.2, 0) is 72.1 Å². The molecule has 2 aliphatic heterocycles. The van der Waals surface area contributed by atoms with Crippen molar-refractivity contribution in [3.05, 3.63) is 83.6 Å². The van der Waals surface area contributed by atoms with Crippen LogP contribution in [0.15, 0.2) is 70.1 Å². The van der Waals surface area contributed by atoms with Crippen LogP contribution in [0.2, 0.25) is 0 Å². The number of hydrogen-bond donors (Lipinski definition) is 14. The minimum Gasteiger partial charge on any atom is -0.422 e. The third-order valence-electron chi connectivity index (χ3n) is 16.2. The van der Waals surface area contributed by atoms with E-state index in [0.29, 0.717) is 69.2 Å². The van der Waals surface area contributed by atoms with Gasteiger partial charge in [0.15, 0.2) is 5.96 Å². The number of benzene rings is 2. The number of rotatable bonds is 42. The number of aliphatic imine (C=N–C) groups is 1. The van der Waals surface area contributed by atoms with Gasteiger partial charge in [-0.1, -0.05) is 74.5 Å². The number of guanidine groups is 1. The molecule has 0 unspecified atom stereocenters. The molecule has 0 bridgehead atoms. The third-order valence-corrected chi connectivity index (χ3v) is 16.9. The standard InChI is InChI=1S/C63H97N19O12S/c1-37(2)33-45(56(88)73-41(53(68)85)27-32-95-3)72-36-52-79-80-60(94-52)47(35-39-17-8-5-9-18-39)78-57(89)46(34-38-15-6-4-7-16-38)77-55(87)42(23-25-50(66)83)74-54(86)43(24-26-51(67)84)75-58(90)49-22-14-31-82(49)62(93)44(20-10-11-28-64)76-59(91)48-21-13-30-81(48)61(92)40(65)19-12-29-71-63(69)70/h4-9,15-18,37,40-49,72H,10-14,19-36,64-65H2,1-3H3,(H2,66,83)(H2,67,84)(H2,68,85)(H,73,88)(H,74,86)(H,75,90)(H,76,91)(H,77,87)(H,78,89)(H4,69,70,71)/t40-,41-,42-,43-,44-,45-,46-,47-,48-,49-/m0/s1. The number of nitrogens with zero attached hydrogens (tertiary/aromatic N) is 5. The molecule has 2 saturated heterocycles. The quantitative estimate of drug-likeness (QED) is 0.0164. The number of carbonyl (C=O) groups is 11. The number of likely N-dealkylation sites (tertiary alicyclic amines) is 2. The Morgan fingerprint density at radius 2 is 1.13 bits per heavy atom. The van der Waals surface area contributed by atoms with Gasteiger partial charge >= 0.3 is 0 Å². The average molecular weight is 1340 g/mol. The molecule has 95 heavy (non-hydrogen) atoms. The maximum atomic E-state index is 14.8. The van der Waals surface area contributed by atoms with Gasteiger partial charge in [-0.3, -0.25) is 63.0 Å². The molecule has 0 radical (unpaired) electrons. The van der Waals surface area contributed by atoms with Gasteiger partial charge < -0.3 is 86.3 Å². The lowest BCUT2D eigenvalue weighted by atomic mass is 10.0. The van der Waals surface area contributed by atoms with E-state index in [9.17, 15) is 52.7 Å². The minimum atomic E-state index is -1.58. The number of primary amides is 3. The number of unbranched alkanes of at least 4 members (excludes halogenated alkanes) is 1. The zero-order valence-corrected chi connectivity index (χ0v) is 55.3. The second kappa shape index (κ2) is 39.8. The summed E-state index contributed by atoms with van der Waals surface area (Å²) in [6, 6.07) is 6.39. The maximum absolute atomic E-state index is 14.8. The Hall–Kier alpha value is -8.75. The van der Waals surface area contributed by atoms with Gasteiger partial charge in [-0.15, -0.1) is 10.2 Å². The molecule has 3 heterocycles. The maximum Gasteiger partial charge on any atom is 0.245 e. The fraction of sp³-hybridized carbons (Fsp3) is 0.587. The summed E-state index contributed by atoms with van der Waals surface area (Å²) in [6.45, 7) is 4.70. The van der Waals surface area contributed by atoms with Gasteiger partial charge in [0.2, 0.25) is 76.8 Å². The van der Waals surface area contributed by atoms with Crippen molar-refractivity contribution in [3.63, 3.8) is 0 Å². The number of nitrogens with one attached hydrogen (secondary N) is 7. The van der Waals surface area contributed by atoms with E-state index in [1.807, 2.05) is 38.3 Å². The molecule has 1 aromatic heterocycles. The van der Waals surface area contributed by atoms with Crippen molar-refractivity contribution in [2.75, 3.05) is 38.2 Å². The molecular formula is C63H97N19O12S. The molecule has 21 N–H and O–H groups in total. The molecule has 2 aromatic carbocycles. The monoisotopic (exact) mass is 1340 g/mol. The van der Waals surface area contributed by atoms with E-state index >= 15 is 0 Å². The topological polar surface area (TPSA) is 512 Å². The van der Waals surface area contributed by atoms with Crippen LogP contribution in [0, 0.1) is 5.92 Å². The number of hydrogen-bond acceptors (Lipinski definition) is 19. The van der Waals surface area contributed by atoms with E-state index in [1.54, 1.807) is 42.5 Å². The van der Waals surface area contributed by atoms with Crippen molar-refractivity contribution in [2.24, 2.45) is 51.0 Å². The van der Waals surface area contributed by atoms with Gasteiger partial charge in [0.05, 0.1) is 18.6 Å². The average Bonchev–Trinajstić information content (AvgIpc) is 1.78. The van der Waals surface area contributed by atoms with Crippen molar-refractivity contribution < 1.29 is 57.2 Å².